The van der Waals surface area contributed by atoms with Crippen molar-refractivity contribution < 1.29 is 19.3 Å². The molecular weight excluding hydrogens is 408 g/mol. The van der Waals surface area contributed by atoms with Crippen LogP contribution in [0.2, 0.25) is 0 Å². The topological polar surface area (TPSA) is 100 Å². The molecule has 8 heteroatoms. The normalized spacial score (nSPS) is 27.8. The van der Waals surface area contributed by atoms with Gasteiger partial charge in [0.2, 0.25) is 11.6 Å². The number of likely N-dealkylation sites (tertiary alicyclic amines) is 1. The molecule has 5 rings (SSSR count). The van der Waals surface area contributed by atoms with Gasteiger partial charge in [0.1, 0.15) is 11.7 Å². The van der Waals surface area contributed by atoms with Gasteiger partial charge < -0.3 is 24.7 Å². The molecule has 1 aromatic heterocycles. The lowest BCUT2D eigenvalue weighted by molar-refractivity contribution is -0.134. The standard InChI is InChI=1S/C24H30N4O4/c1-14(2)21(20-11-15(3)26-31-20)23(30)28-13-17(29)12-19(28)22-25-24(32-27-22)10-6-8-16-7-4-5-9-18(16)24/h4-5,7,9,11,14,17,19,21,29H,6,8,10,12-13H2,1-3H3,(H,25,27)/t17-,19+,21-,24?/m1/s1. The Labute approximate surface area is 187 Å². The first-order chi connectivity index (χ1) is 15.4. The molecule has 0 radical (unpaired) electrons. The SMILES string of the molecule is Cc1cc([C@H](C(=O)N2C[C@H](O)C[C@H]2C2=NOC3(CCCc4ccccc43)N2)C(C)C)on1. The fourth-order valence-corrected chi connectivity index (χ4v) is 5.30. The van der Waals surface area contributed by atoms with Crippen molar-refractivity contribution in [2.75, 3.05) is 6.54 Å². The molecule has 2 N–H and O–H groups in total. The lowest BCUT2D eigenvalue weighted by Gasteiger charge is -2.35. The van der Waals surface area contributed by atoms with E-state index >= 15 is 0 Å². The highest BCUT2D eigenvalue weighted by atomic mass is 16.7. The molecular formula is C24H30N4O4. The largest absolute Gasteiger partial charge is 0.391 e. The van der Waals surface area contributed by atoms with Crippen molar-refractivity contribution in [3.05, 3.63) is 52.9 Å². The number of rotatable bonds is 4. The summed E-state index contributed by atoms with van der Waals surface area (Å²) >= 11 is 0. The second-order valence-electron chi connectivity index (χ2n) is 9.52. The Kier molecular flexibility index (Phi) is 5.20. The number of carbonyl (C=O) groups is 1. The van der Waals surface area contributed by atoms with Crippen LogP contribution in [-0.4, -0.2) is 45.6 Å². The number of hydrogen-bond donors (Lipinski definition) is 2. The molecule has 1 unspecified atom stereocenters. The van der Waals surface area contributed by atoms with E-state index in [2.05, 4.69) is 27.8 Å². The molecule has 170 valence electrons. The van der Waals surface area contributed by atoms with Crippen molar-refractivity contribution >= 4 is 11.7 Å². The molecule has 1 aliphatic carbocycles. The smallest absolute Gasteiger partial charge is 0.234 e. The van der Waals surface area contributed by atoms with E-state index in [1.54, 1.807) is 4.90 Å². The minimum absolute atomic E-state index is 0.0135. The molecule has 3 heterocycles. The van der Waals surface area contributed by atoms with Gasteiger partial charge >= 0.3 is 0 Å². The molecule has 2 aliphatic heterocycles. The Morgan fingerprint density at radius 1 is 1.34 bits per heavy atom. The van der Waals surface area contributed by atoms with Crippen molar-refractivity contribution in [1.82, 2.24) is 15.4 Å². The Morgan fingerprint density at radius 3 is 2.91 bits per heavy atom. The number of β-amino-alcohol motifs (C(OH)–C–C–N with tert-alkyl or cyclic N) is 1. The maximum absolute atomic E-state index is 13.7. The molecule has 1 spiro atoms. The molecule has 0 bridgehead atoms. The third-order valence-corrected chi connectivity index (χ3v) is 6.82. The number of amides is 1. The summed E-state index contributed by atoms with van der Waals surface area (Å²) in [6, 6.07) is 9.69. The van der Waals surface area contributed by atoms with Crippen LogP contribution >= 0.6 is 0 Å². The van der Waals surface area contributed by atoms with E-state index in [0.29, 0.717) is 18.0 Å². The summed E-state index contributed by atoms with van der Waals surface area (Å²) in [5.41, 5.74) is 2.39. The number of amidine groups is 1. The lowest BCUT2D eigenvalue weighted by Crippen LogP contribution is -2.52. The van der Waals surface area contributed by atoms with E-state index in [0.717, 1.165) is 30.5 Å². The van der Waals surface area contributed by atoms with Crippen LogP contribution in [0.15, 0.2) is 40.0 Å². The van der Waals surface area contributed by atoms with Gasteiger partial charge in [0.25, 0.3) is 0 Å². The monoisotopic (exact) mass is 438 g/mol. The van der Waals surface area contributed by atoms with Gasteiger partial charge in [-0.3, -0.25) is 4.79 Å². The summed E-state index contributed by atoms with van der Waals surface area (Å²) in [5.74, 6) is 0.601. The highest BCUT2D eigenvalue weighted by Crippen LogP contribution is 2.40. The number of aromatic nitrogens is 1. The van der Waals surface area contributed by atoms with Crippen LogP contribution < -0.4 is 5.32 Å². The van der Waals surface area contributed by atoms with Crippen LogP contribution in [0, 0.1) is 12.8 Å². The molecule has 0 saturated carbocycles. The summed E-state index contributed by atoms with van der Waals surface area (Å²) in [6.07, 6.45) is 2.60. The highest BCUT2D eigenvalue weighted by Gasteiger charge is 2.49. The molecule has 4 atom stereocenters. The van der Waals surface area contributed by atoms with Crippen molar-refractivity contribution in [2.45, 2.75) is 70.2 Å². The van der Waals surface area contributed by atoms with Crippen LogP contribution in [0.5, 0.6) is 0 Å². The minimum Gasteiger partial charge on any atom is -0.391 e. The van der Waals surface area contributed by atoms with Crippen LogP contribution in [-0.2, 0) is 21.8 Å². The van der Waals surface area contributed by atoms with Gasteiger partial charge in [0, 0.05) is 31.0 Å². The molecule has 1 amide bonds. The summed E-state index contributed by atoms with van der Waals surface area (Å²) in [7, 11) is 0. The zero-order chi connectivity index (χ0) is 22.5. The van der Waals surface area contributed by atoms with Crippen LogP contribution in [0.25, 0.3) is 0 Å². The van der Waals surface area contributed by atoms with Gasteiger partial charge in [-0.05, 0) is 31.2 Å². The van der Waals surface area contributed by atoms with Gasteiger partial charge in [-0.2, -0.15) is 0 Å². The number of carbonyl (C=O) groups excluding carboxylic acids is 1. The zero-order valence-corrected chi connectivity index (χ0v) is 18.7. The third kappa shape index (κ3) is 3.46. The van der Waals surface area contributed by atoms with Gasteiger partial charge in [-0.25, -0.2) is 0 Å². The maximum atomic E-state index is 13.7. The Hall–Kier alpha value is -2.87. The summed E-state index contributed by atoms with van der Waals surface area (Å²) in [4.78, 5) is 21.4. The predicted octanol–water partition coefficient (Wildman–Crippen LogP) is 2.81. The van der Waals surface area contributed by atoms with E-state index in [9.17, 15) is 9.90 Å². The minimum atomic E-state index is -0.702. The number of benzene rings is 1. The zero-order valence-electron chi connectivity index (χ0n) is 18.7. The Morgan fingerprint density at radius 2 is 2.16 bits per heavy atom. The molecule has 32 heavy (non-hydrogen) atoms. The quantitative estimate of drug-likeness (QED) is 0.761. The van der Waals surface area contributed by atoms with E-state index in [1.807, 2.05) is 39.0 Å². The number of oxime groups is 1. The van der Waals surface area contributed by atoms with Crippen LogP contribution in [0.3, 0.4) is 0 Å². The fourth-order valence-electron chi connectivity index (χ4n) is 5.30. The van der Waals surface area contributed by atoms with Gasteiger partial charge in [0.05, 0.1) is 17.8 Å². The number of fused-ring (bicyclic) bond motifs is 2. The van der Waals surface area contributed by atoms with E-state index in [-0.39, 0.29) is 24.4 Å². The molecule has 1 saturated heterocycles. The number of aliphatic hydroxyl groups excluding tert-OH is 1. The van der Waals surface area contributed by atoms with Crippen molar-refractivity contribution in [3.8, 4) is 0 Å². The van der Waals surface area contributed by atoms with Crippen molar-refractivity contribution in [1.29, 1.82) is 0 Å². The van der Waals surface area contributed by atoms with Gasteiger partial charge in [0.15, 0.2) is 5.84 Å². The maximum Gasteiger partial charge on any atom is 0.234 e. The van der Waals surface area contributed by atoms with E-state index < -0.39 is 17.7 Å². The van der Waals surface area contributed by atoms with E-state index in [1.165, 1.54) is 5.56 Å². The first-order valence-corrected chi connectivity index (χ1v) is 11.4. The fraction of sp³-hybridized carbons (Fsp3) is 0.542. The average molecular weight is 439 g/mol. The number of nitrogens with zero attached hydrogens (tertiary/aromatic N) is 3. The molecule has 3 aliphatic rings. The predicted molar refractivity (Wildman–Crippen MR) is 118 cm³/mol. The Balaban J connectivity index is 1.41. The van der Waals surface area contributed by atoms with Gasteiger partial charge in [-0.1, -0.05) is 48.4 Å². The molecule has 8 nitrogen and oxygen atoms in total. The third-order valence-electron chi connectivity index (χ3n) is 6.82. The second kappa shape index (κ2) is 7.92. The van der Waals surface area contributed by atoms with Crippen LogP contribution in [0.1, 0.15) is 61.6 Å². The second-order valence-corrected chi connectivity index (χ2v) is 9.52. The van der Waals surface area contributed by atoms with Crippen LogP contribution in [0.4, 0.5) is 0 Å². The number of aryl methyl sites for hydroxylation is 2. The van der Waals surface area contributed by atoms with Crippen molar-refractivity contribution in [3.63, 3.8) is 0 Å². The molecule has 2 aromatic rings. The number of nitrogens with one attached hydrogen (secondary N) is 1. The van der Waals surface area contributed by atoms with Gasteiger partial charge in [-0.15, -0.1) is 0 Å². The average Bonchev–Trinajstić information content (AvgIpc) is 3.48. The highest BCUT2D eigenvalue weighted by molar-refractivity contribution is 5.94. The molecule has 1 fully saturated rings. The summed E-state index contributed by atoms with van der Waals surface area (Å²) in [6.45, 7) is 6.08. The first-order valence-electron chi connectivity index (χ1n) is 11.4. The first kappa shape index (κ1) is 21.0. The van der Waals surface area contributed by atoms with E-state index in [4.69, 9.17) is 9.36 Å². The number of aliphatic hydroxyl groups is 1. The molecule has 1 aromatic carbocycles. The number of hydrogen-bond acceptors (Lipinski definition) is 7. The summed E-state index contributed by atoms with van der Waals surface area (Å²) < 4.78 is 5.45. The van der Waals surface area contributed by atoms with Crippen molar-refractivity contribution in [2.24, 2.45) is 11.1 Å². The summed E-state index contributed by atoms with van der Waals surface area (Å²) in [5, 5.41) is 22.4. The Bertz CT molecular complexity index is 1050. The lowest BCUT2D eigenvalue weighted by atomic mass is 9.84.